The van der Waals surface area contributed by atoms with Gasteiger partial charge in [0.2, 0.25) is 0 Å². The number of nitrogens with zero attached hydrogens (tertiary/aromatic N) is 2. The lowest BCUT2D eigenvalue weighted by molar-refractivity contribution is 0.272. The van der Waals surface area contributed by atoms with Crippen molar-refractivity contribution in [2.24, 2.45) is 5.92 Å². The molecule has 1 N–H and O–H groups in total. The van der Waals surface area contributed by atoms with Gasteiger partial charge in [0.15, 0.2) is 0 Å². The lowest BCUT2D eigenvalue weighted by Gasteiger charge is -2.35. The van der Waals surface area contributed by atoms with Crippen molar-refractivity contribution < 1.29 is 9.50 Å². The van der Waals surface area contributed by atoms with Crippen LogP contribution >= 0.6 is 0 Å². The molecule has 1 fully saturated rings. The number of hydrogen-bond acceptors (Lipinski definition) is 3. The summed E-state index contributed by atoms with van der Waals surface area (Å²) in [6, 6.07) is 5.03. The quantitative estimate of drug-likeness (QED) is 0.904. The third kappa shape index (κ3) is 3.45. The maximum absolute atomic E-state index is 13.7. The van der Waals surface area contributed by atoms with Crippen molar-refractivity contribution in [3.05, 3.63) is 29.6 Å². The van der Waals surface area contributed by atoms with Gasteiger partial charge in [0, 0.05) is 30.9 Å². The minimum Gasteiger partial charge on any atom is -0.391 e. The van der Waals surface area contributed by atoms with Gasteiger partial charge >= 0.3 is 0 Å². The predicted molar refractivity (Wildman–Crippen MR) is 75.8 cm³/mol. The fourth-order valence-corrected chi connectivity index (χ4v) is 2.87. The minimum atomic E-state index is -0.310. The van der Waals surface area contributed by atoms with Crippen LogP contribution in [0, 0.1) is 11.7 Å². The lowest BCUT2D eigenvalue weighted by Crippen LogP contribution is -2.37. The number of aliphatic hydroxyl groups excluding tert-OH is 1. The average molecular weight is 266 g/mol. The van der Waals surface area contributed by atoms with Gasteiger partial charge in [0.1, 0.15) is 5.82 Å². The minimum absolute atomic E-state index is 0.236. The summed E-state index contributed by atoms with van der Waals surface area (Å²) in [5.74, 6) is 0.410. The highest BCUT2D eigenvalue weighted by Crippen LogP contribution is 2.28. The van der Waals surface area contributed by atoms with Crippen LogP contribution in [0.5, 0.6) is 0 Å². The van der Waals surface area contributed by atoms with E-state index in [0.29, 0.717) is 5.56 Å². The van der Waals surface area contributed by atoms with E-state index >= 15 is 0 Å². The van der Waals surface area contributed by atoms with Gasteiger partial charge in [-0.3, -0.25) is 0 Å². The van der Waals surface area contributed by atoms with Crippen molar-refractivity contribution in [2.45, 2.75) is 19.4 Å². The van der Waals surface area contributed by atoms with Gasteiger partial charge in [-0.1, -0.05) is 6.07 Å². The first-order chi connectivity index (χ1) is 9.11. The van der Waals surface area contributed by atoms with E-state index in [-0.39, 0.29) is 12.4 Å². The molecule has 0 spiro atoms. The van der Waals surface area contributed by atoms with Crippen molar-refractivity contribution in [3.63, 3.8) is 0 Å². The molecule has 0 aliphatic carbocycles. The standard InChI is InChI=1S/C15H23FN2O/c1-17(2)10-12-6-8-18(9-7-12)15-5-3-4-14(16)13(15)11-19/h3-5,12,19H,6-11H2,1-2H3. The number of benzene rings is 1. The van der Waals surface area contributed by atoms with Crippen LogP contribution in [0.25, 0.3) is 0 Å². The summed E-state index contributed by atoms with van der Waals surface area (Å²) >= 11 is 0. The van der Waals surface area contributed by atoms with Crippen molar-refractivity contribution in [1.29, 1.82) is 0 Å². The highest BCUT2D eigenvalue weighted by atomic mass is 19.1. The van der Waals surface area contributed by atoms with Crippen LogP contribution in [0.1, 0.15) is 18.4 Å². The molecule has 0 unspecified atom stereocenters. The summed E-state index contributed by atoms with van der Waals surface area (Å²) < 4.78 is 13.7. The zero-order valence-electron chi connectivity index (χ0n) is 11.8. The fraction of sp³-hybridized carbons (Fsp3) is 0.600. The molecule has 1 aromatic rings. The maximum atomic E-state index is 13.7. The highest BCUT2D eigenvalue weighted by Gasteiger charge is 2.22. The van der Waals surface area contributed by atoms with Gasteiger partial charge in [-0.05, 0) is 45.0 Å². The van der Waals surface area contributed by atoms with Gasteiger partial charge in [-0.25, -0.2) is 4.39 Å². The molecule has 0 bridgehead atoms. The van der Waals surface area contributed by atoms with Crippen molar-refractivity contribution in [2.75, 3.05) is 38.6 Å². The molecular weight excluding hydrogens is 243 g/mol. The van der Waals surface area contributed by atoms with Crippen molar-refractivity contribution in [3.8, 4) is 0 Å². The van der Waals surface area contributed by atoms with Crippen molar-refractivity contribution in [1.82, 2.24) is 4.90 Å². The lowest BCUT2D eigenvalue weighted by atomic mass is 9.95. The normalized spacial score (nSPS) is 17.2. The van der Waals surface area contributed by atoms with Gasteiger partial charge in [-0.15, -0.1) is 0 Å². The summed E-state index contributed by atoms with van der Waals surface area (Å²) in [4.78, 5) is 4.42. The Balaban J connectivity index is 2.03. The molecule has 4 heteroatoms. The number of halogens is 1. The predicted octanol–water partition coefficient (Wildman–Crippen LogP) is 2.10. The molecule has 3 nitrogen and oxygen atoms in total. The largest absolute Gasteiger partial charge is 0.391 e. The van der Waals surface area contributed by atoms with E-state index in [1.165, 1.54) is 6.07 Å². The summed E-state index contributed by atoms with van der Waals surface area (Å²) in [5.41, 5.74) is 1.28. The third-order valence-corrected chi connectivity index (χ3v) is 3.83. The maximum Gasteiger partial charge on any atom is 0.130 e. The molecule has 19 heavy (non-hydrogen) atoms. The van der Waals surface area contributed by atoms with E-state index in [1.807, 2.05) is 6.07 Å². The summed E-state index contributed by atoms with van der Waals surface area (Å²) in [6.07, 6.45) is 2.25. The van der Waals surface area contributed by atoms with Crippen molar-refractivity contribution >= 4 is 5.69 Å². The molecule has 0 aromatic heterocycles. The van der Waals surface area contributed by atoms with Crippen LogP contribution in [0.15, 0.2) is 18.2 Å². The average Bonchev–Trinajstić information content (AvgIpc) is 2.38. The van der Waals surface area contributed by atoms with Gasteiger partial charge in [0.05, 0.1) is 6.61 Å². The monoisotopic (exact) mass is 266 g/mol. The van der Waals surface area contributed by atoms with E-state index in [0.717, 1.165) is 44.1 Å². The van der Waals surface area contributed by atoms with Gasteiger partial charge in [0.25, 0.3) is 0 Å². The van der Waals surface area contributed by atoms with E-state index in [1.54, 1.807) is 6.07 Å². The Hall–Kier alpha value is -1.13. The topological polar surface area (TPSA) is 26.7 Å². The second kappa shape index (κ2) is 6.35. The van der Waals surface area contributed by atoms with E-state index in [2.05, 4.69) is 23.9 Å². The molecule has 1 aromatic carbocycles. The van der Waals surface area contributed by atoms with Gasteiger partial charge < -0.3 is 14.9 Å². The Morgan fingerprint density at radius 1 is 1.32 bits per heavy atom. The first-order valence-corrected chi connectivity index (χ1v) is 6.89. The molecule has 2 rings (SSSR count). The van der Waals surface area contributed by atoms with Crippen LogP contribution in [0.3, 0.4) is 0 Å². The Labute approximate surface area is 114 Å². The SMILES string of the molecule is CN(C)CC1CCN(c2cccc(F)c2CO)CC1. The Kier molecular flexibility index (Phi) is 4.77. The number of rotatable bonds is 4. The molecule has 0 amide bonds. The number of anilines is 1. The summed E-state index contributed by atoms with van der Waals surface area (Å²) in [7, 11) is 4.20. The van der Waals surface area contributed by atoms with Crippen LogP contribution in [0.2, 0.25) is 0 Å². The molecule has 1 aliphatic heterocycles. The molecule has 0 radical (unpaired) electrons. The second-order valence-corrected chi connectivity index (χ2v) is 5.59. The third-order valence-electron chi connectivity index (χ3n) is 3.83. The number of aliphatic hydroxyl groups is 1. The molecule has 1 heterocycles. The number of piperidine rings is 1. The smallest absolute Gasteiger partial charge is 0.130 e. The van der Waals surface area contributed by atoms with Crippen LogP contribution in [-0.2, 0) is 6.61 Å². The summed E-state index contributed by atoms with van der Waals surface area (Å²) in [5, 5.41) is 9.33. The van der Waals surface area contributed by atoms with Crippen LogP contribution in [0.4, 0.5) is 10.1 Å². The fourth-order valence-electron chi connectivity index (χ4n) is 2.87. The second-order valence-electron chi connectivity index (χ2n) is 5.59. The first-order valence-electron chi connectivity index (χ1n) is 6.89. The molecule has 106 valence electrons. The molecule has 0 saturated carbocycles. The Morgan fingerprint density at radius 2 is 2.00 bits per heavy atom. The first kappa shape index (κ1) is 14.3. The Morgan fingerprint density at radius 3 is 2.58 bits per heavy atom. The van der Waals surface area contributed by atoms with Crippen LogP contribution < -0.4 is 4.90 Å². The van der Waals surface area contributed by atoms with Gasteiger partial charge in [-0.2, -0.15) is 0 Å². The van der Waals surface area contributed by atoms with E-state index in [9.17, 15) is 9.50 Å². The number of hydrogen-bond donors (Lipinski definition) is 1. The molecule has 0 atom stereocenters. The van der Waals surface area contributed by atoms with Crippen LogP contribution in [-0.4, -0.2) is 43.7 Å². The zero-order valence-corrected chi connectivity index (χ0v) is 11.8. The zero-order chi connectivity index (χ0) is 13.8. The highest BCUT2D eigenvalue weighted by molar-refractivity contribution is 5.54. The molecule has 1 aliphatic rings. The van der Waals surface area contributed by atoms with E-state index in [4.69, 9.17) is 0 Å². The molecular formula is C15H23FN2O. The van der Waals surface area contributed by atoms with E-state index < -0.39 is 0 Å². The molecule has 1 saturated heterocycles. The summed E-state index contributed by atoms with van der Waals surface area (Å²) in [6.45, 7) is 2.76. The Bertz CT molecular complexity index is 415.